The van der Waals surface area contributed by atoms with Gasteiger partial charge in [-0.1, -0.05) is 17.8 Å². The normalized spacial score (nSPS) is 15.0. The molecule has 0 aromatic carbocycles. The predicted molar refractivity (Wildman–Crippen MR) is 104 cm³/mol. The SMILES string of the molecule is C#CCOCC(COCC#C)(COCC#C)COCCCN1CCOCC1. The summed E-state index contributed by atoms with van der Waals surface area (Å²) in [6.45, 7) is 7.26. The molecule has 150 valence electrons. The number of hydrogen-bond acceptors (Lipinski definition) is 6. The Kier molecular flexibility index (Phi) is 13.5. The van der Waals surface area contributed by atoms with Crippen LogP contribution >= 0.6 is 0 Å². The molecule has 1 aliphatic heterocycles. The van der Waals surface area contributed by atoms with Gasteiger partial charge in [0.15, 0.2) is 0 Å². The largest absolute Gasteiger partial charge is 0.381 e. The quantitative estimate of drug-likeness (QED) is 0.309. The Labute approximate surface area is 163 Å². The average Bonchev–Trinajstić information content (AvgIpc) is 2.69. The van der Waals surface area contributed by atoms with Gasteiger partial charge in [-0.3, -0.25) is 4.90 Å². The van der Waals surface area contributed by atoms with Crippen molar-refractivity contribution in [3.63, 3.8) is 0 Å². The maximum atomic E-state index is 5.93. The van der Waals surface area contributed by atoms with E-state index >= 15 is 0 Å². The number of hydrogen-bond donors (Lipinski definition) is 0. The van der Waals surface area contributed by atoms with Crippen LogP contribution in [-0.4, -0.2) is 90.6 Å². The fourth-order valence-corrected chi connectivity index (χ4v) is 2.73. The van der Waals surface area contributed by atoms with Gasteiger partial charge in [-0.05, 0) is 6.42 Å². The lowest BCUT2D eigenvalue weighted by Gasteiger charge is -2.32. The lowest BCUT2D eigenvalue weighted by Crippen LogP contribution is -2.42. The van der Waals surface area contributed by atoms with Gasteiger partial charge in [0.1, 0.15) is 19.8 Å². The minimum Gasteiger partial charge on any atom is -0.381 e. The van der Waals surface area contributed by atoms with Gasteiger partial charge >= 0.3 is 0 Å². The molecule has 1 fully saturated rings. The molecule has 0 radical (unpaired) electrons. The Balaban J connectivity index is 2.47. The van der Waals surface area contributed by atoms with Crippen molar-refractivity contribution >= 4 is 0 Å². The topological polar surface area (TPSA) is 49.4 Å². The highest BCUT2D eigenvalue weighted by atomic mass is 16.5. The van der Waals surface area contributed by atoms with Crippen molar-refractivity contribution in [3.8, 4) is 37.0 Å². The van der Waals surface area contributed by atoms with Crippen molar-refractivity contribution < 1.29 is 23.7 Å². The zero-order chi connectivity index (χ0) is 19.6. The van der Waals surface area contributed by atoms with E-state index in [-0.39, 0.29) is 19.8 Å². The third-order valence-electron chi connectivity index (χ3n) is 4.06. The first-order valence-corrected chi connectivity index (χ1v) is 9.18. The third-order valence-corrected chi connectivity index (χ3v) is 4.06. The highest BCUT2D eigenvalue weighted by molar-refractivity contribution is 4.88. The Morgan fingerprint density at radius 3 is 1.74 bits per heavy atom. The molecule has 0 bridgehead atoms. The Bertz CT molecular complexity index is 446. The fourth-order valence-electron chi connectivity index (χ4n) is 2.73. The fraction of sp³-hybridized carbons (Fsp3) is 0.714. The van der Waals surface area contributed by atoms with Crippen LogP contribution in [0.5, 0.6) is 0 Å². The van der Waals surface area contributed by atoms with Gasteiger partial charge in [0.05, 0.1) is 45.1 Å². The van der Waals surface area contributed by atoms with Crippen molar-refractivity contribution in [1.29, 1.82) is 0 Å². The molecule has 1 heterocycles. The Morgan fingerprint density at radius 1 is 0.778 bits per heavy atom. The number of rotatable bonds is 15. The van der Waals surface area contributed by atoms with Crippen LogP contribution in [0.2, 0.25) is 0 Å². The van der Waals surface area contributed by atoms with Crippen LogP contribution < -0.4 is 0 Å². The highest BCUT2D eigenvalue weighted by Crippen LogP contribution is 2.21. The van der Waals surface area contributed by atoms with Crippen molar-refractivity contribution in [2.24, 2.45) is 5.41 Å². The molecule has 0 N–H and O–H groups in total. The molecule has 0 spiro atoms. The van der Waals surface area contributed by atoms with Crippen LogP contribution in [0, 0.1) is 42.4 Å². The van der Waals surface area contributed by atoms with Crippen molar-refractivity contribution in [2.45, 2.75) is 6.42 Å². The highest BCUT2D eigenvalue weighted by Gasteiger charge is 2.32. The summed E-state index contributed by atoms with van der Waals surface area (Å²) in [4.78, 5) is 2.38. The second-order valence-electron chi connectivity index (χ2n) is 6.45. The molecule has 1 saturated heterocycles. The van der Waals surface area contributed by atoms with Crippen molar-refractivity contribution in [2.75, 3.05) is 85.7 Å². The Hall–Kier alpha value is -1.56. The number of ether oxygens (including phenoxy) is 5. The molecule has 1 aliphatic rings. The maximum absolute atomic E-state index is 5.93. The van der Waals surface area contributed by atoms with E-state index in [1.807, 2.05) is 0 Å². The number of terminal acetylenes is 3. The van der Waals surface area contributed by atoms with Gasteiger partial charge in [0.2, 0.25) is 0 Å². The summed E-state index contributed by atoms with van der Waals surface area (Å²) in [5, 5.41) is 0. The molecule has 0 amide bonds. The van der Waals surface area contributed by atoms with Crippen molar-refractivity contribution in [1.82, 2.24) is 4.90 Å². The molecule has 0 aromatic heterocycles. The van der Waals surface area contributed by atoms with E-state index in [0.717, 1.165) is 39.3 Å². The summed E-state index contributed by atoms with van der Waals surface area (Å²) in [6.07, 6.45) is 16.8. The van der Waals surface area contributed by atoms with Crippen LogP contribution in [0.15, 0.2) is 0 Å². The van der Waals surface area contributed by atoms with Gasteiger partial charge < -0.3 is 23.7 Å². The van der Waals surface area contributed by atoms with Crippen LogP contribution in [0.4, 0.5) is 0 Å². The van der Waals surface area contributed by atoms with Gasteiger partial charge in [-0.25, -0.2) is 0 Å². The third kappa shape index (κ3) is 11.0. The van der Waals surface area contributed by atoms with Gasteiger partial charge in [-0.15, -0.1) is 19.3 Å². The van der Waals surface area contributed by atoms with E-state index in [4.69, 9.17) is 43.0 Å². The smallest absolute Gasteiger partial charge is 0.107 e. The van der Waals surface area contributed by atoms with Crippen LogP contribution in [0.1, 0.15) is 6.42 Å². The van der Waals surface area contributed by atoms with Crippen LogP contribution in [0.25, 0.3) is 0 Å². The van der Waals surface area contributed by atoms with Crippen LogP contribution in [-0.2, 0) is 23.7 Å². The molecular formula is C21H31NO5. The summed E-state index contributed by atoms with van der Waals surface area (Å²) in [5.74, 6) is 7.39. The first-order valence-electron chi connectivity index (χ1n) is 9.18. The molecule has 0 saturated carbocycles. The van der Waals surface area contributed by atoms with E-state index in [2.05, 4.69) is 22.7 Å². The minimum absolute atomic E-state index is 0.211. The molecule has 0 atom stereocenters. The summed E-state index contributed by atoms with van der Waals surface area (Å²) >= 11 is 0. The van der Waals surface area contributed by atoms with E-state index in [9.17, 15) is 0 Å². The zero-order valence-electron chi connectivity index (χ0n) is 16.1. The second kappa shape index (κ2) is 15.5. The van der Waals surface area contributed by atoms with Crippen molar-refractivity contribution in [3.05, 3.63) is 0 Å². The Morgan fingerprint density at radius 2 is 1.26 bits per heavy atom. The summed E-state index contributed by atoms with van der Waals surface area (Å²) in [7, 11) is 0. The monoisotopic (exact) mass is 377 g/mol. The molecule has 27 heavy (non-hydrogen) atoms. The van der Waals surface area contributed by atoms with Crippen LogP contribution in [0.3, 0.4) is 0 Å². The first-order chi connectivity index (χ1) is 13.3. The van der Waals surface area contributed by atoms with Gasteiger partial charge in [-0.2, -0.15) is 0 Å². The maximum Gasteiger partial charge on any atom is 0.107 e. The predicted octanol–water partition coefficient (Wildman–Crippen LogP) is 0.661. The first kappa shape index (κ1) is 23.5. The van der Waals surface area contributed by atoms with Gasteiger partial charge in [0.25, 0.3) is 0 Å². The minimum atomic E-state index is -0.510. The summed E-state index contributed by atoms with van der Waals surface area (Å²) < 4.78 is 28.0. The molecule has 6 heteroatoms. The van der Waals surface area contributed by atoms with E-state index < -0.39 is 5.41 Å². The molecule has 6 nitrogen and oxygen atoms in total. The molecule has 0 aliphatic carbocycles. The molecule has 0 unspecified atom stereocenters. The standard InChI is InChI=1S/C21H31NO5/c1-4-11-24-17-21(18-25-12-5-2,19-26-13-6-3)20-27-14-7-8-22-9-15-23-16-10-22/h1-3H,7-20H2. The average molecular weight is 377 g/mol. The van der Waals surface area contributed by atoms with E-state index in [1.54, 1.807) is 0 Å². The molecule has 0 aromatic rings. The lowest BCUT2D eigenvalue weighted by atomic mass is 9.92. The number of morpholine rings is 1. The number of nitrogens with zero attached hydrogens (tertiary/aromatic N) is 1. The van der Waals surface area contributed by atoms with E-state index in [1.165, 1.54) is 0 Å². The zero-order valence-corrected chi connectivity index (χ0v) is 16.1. The summed E-state index contributed by atoms with van der Waals surface area (Å²) in [5.41, 5.74) is -0.510. The second-order valence-corrected chi connectivity index (χ2v) is 6.45. The lowest BCUT2D eigenvalue weighted by molar-refractivity contribution is -0.0967. The molecular weight excluding hydrogens is 346 g/mol. The molecule has 1 rings (SSSR count). The van der Waals surface area contributed by atoms with E-state index in [0.29, 0.717) is 33.0 Å². The van der Waals surface area contributed by atoms with Gasteiger partial charge in [0, 0.05) is 26.2 Å². The summed E-state index contributed by atoms with van der Waals surface area (Å²) in [6, 6.07) is 0.